The Kier molecular flexibility index (Phi) is 6.66. The first-order valence-electron chi connectivity index (χ1n) is 6.24. The van der Waals surface area contributed by atoms with Crippen LogP contribution < -0.4 is 10.5 Å². The zero-order valence-electron chi connectivity index (χ0n) is 11.3. The lowest BCUT2D eigenvalue weighted by Gasteiger charge is -2.18. The smallest absolute Gasteiger partial charge is 0.173 e. The SMILES string of the molecule is CCN(CC)CCOc1ccc(Br)cc1/C(N)=N/O. The van der Waals surface area contributed by atoms with E-state index in [4.69, 9.17) is 15.7 Å². The van der Waals surface area contributed by atoms with Gasteiger partial charge < -0.3 is 20.6 Å². The van der Waals surface area contributed by atoms with Crippen LogP contribution in [0.3, 0.4) is 0 Å². The van der Waals surface area contributed by atoms with E-state index in [0.717, 1.165) is 24.1 Å². The molecule has 0 aliphatic carbocycles. The largest absolute Gasteiger partial charge is 0.491 e. The highest BCUT2D eigenvalue weighted by Gasteiger charge is 2.09. The summed E-state index contributed by atoms with van der Waals surface area (Å²) in [6, 6.07) is 5.43. The lowest BCUT2D eigenvalue weighted by molar-refractivity contribution is 0.222. The average molecular weight is 330 g/mol. The lowest BCUT2D eigenvalue weighted by Crippen LogP contribution is -2.28. The maximum atomic E-state index is 8.78. The van der Waals surface area contributed by atoms with Gasteiger partial charge >= 0.3 is 0 Å². The third-order valence-electron chi connectivity index (χ3n) is 2.88. The Morgan fingerprint density at radius 1 is 1.42 bits per heavy atom. The molecule has 106 valence electrons. The maximum absolute atomic E-state index is 8.78. The molecule has 1 rings (SSSR count). The molecule has 0 atom stereocenters. The highest BCUT2D eigenvalue weighted by atomic mass is 79.9. The summed E-state index contributed by atoms with van der Waals surface area (Å²) in [6.45, 7) is 7.63. The van der Waals surface area contributed by atoms with Crippen LogP contribution in [-0.4, -0.2) is 42.2 Å². The second-order valence-electron chi connectivity index (χ2n) is 4.00. The molecule has 0 fully saturated rings. The van der Waals surface area contributed by atoms with Gasteiger partial charge in [0, 0.05) is 11.0 Å². The van der Waals surface area contributed by atoms with Crippen molar-refractivity contribution in [1.82, 2.24) is 4.90 Å². The molecule has 0 bridgehead atoms. The highest BCUT2D eigenvalue weighted by molar-refractivity contribution is 9.10. The standard InChI is InChI=1S/C13H20BrN3O2/c1-3-17(4-2)7-8-19-12-6-5-10(14)9-11(12)13(15)16-18/h5-6,9,18H,3-4,7-8H2,1-2H3,(H2,15,16). The van der Waals surface area contributed by atoms with E-state index < -0.39 is 0 Å². The first-order valence-corrected chi connectivity index (χ1v) is 7.04. The van der Waals surface area contributed by atoms with E-state index in [1.54, 1.807) is 12.1 Å². The van der Waals surface area contributed by atoms with Crippen LogP contribution >= 0.6 is 15.9 Å². The van der Waals surface area contributed by atoms with Crippen LogP contribution in [0.5, 0.6) is 5.75 Å². The highest BCUT2D eigenvalue weighted by Crippen LogP contribution is 2.23. The fourth-order valence-electron chi connectivity index (χ4n) is 1.71. The Hall–Kier alpha value is -1.27. The lowest BCUT2D eigenvalue weighted by atomic mass is 10.2. The molecule has 0 saturated heterocycles. The van der Waals surface area contributed by atoms with Crippen molar-refractivity contribution in [2.75, 3.05) is 26.2 Å². The van der Waals surface area contributed by atoms with Crippen molar-refractivity contribution in [3.05, 3.63) is 28.2 Å². The summed E-state index contributed by atoms with van der Waals surface area (Å²) in [5, 5.41) is 11.8. The zero-order valence-corrected chi connectivity index (χ0v) is 12.9. The number of benzene rings is 1. The average Bonchev–Trinajstić information content (AvgIpc) is 2.44. The van der Waals surface area contributed by atoms with Gasteiger partial charge in [-0.15, -0.1) is 0 Å². The predicted molar refractivity (Wildman–Crippen MR) is 79.9 cm³/mol. The number of nitrogens with zero attached hydrogens (tertiary/aromatic N) is 2. The van der Waals surface area contributed by atoms with Crippen molar-refractivity contribution in [3.8, 4) is 5.75 Å². The normalized spacial score (nSPS) is 11.9. The van der Waals surface area contributed by atoms with Crippen LogP contribution in [0.1, 0.15) is 19.4 Å². The second kappa shape index (κ2) is 8.01. The number of likely N-dealkylation sites (N-methyl/N-ethyl adjacent to an activating group) is 1. The minimum absolute atomic E-state index is 0.0409. The number of hydrogen-bond donors (Lipinski definition) is 2. The summed E-state index contributed by atoms with van der Waals surface area (Å²) < 4.78 is 6.57. The van der Waals surface area contributed by atoms with Gasteiger partial charge in [0.1, 0.15) is 12.4 Å². The molecule has 1 aromatic carbocycles. The summed E-state index contributed by atoms with van der Waals surface area (Å²) in [4.78, 5) is 2.27. The monoisotopic (exact) mass is 329 g/mol. The van der Waals surface area contributed by atoms with Gasteiger partial charge in [-0.2, -0.15) is 0 Å². The Morgan fingerprint density at radius 2 is 2.11 bits per heavy atom. The molecule has 0 radical (unpaired) electrons. The molecule has 0 heterocycles. The summed E-state index contributed by atoms with van der Waals surface area (Å²) in [5.74, 6) is 0.657. The van der Waals surface area contributed by atoms with Gasteiger partial charge in [-0.05, 0) is 31.3 Å². The third-order valence-corrected chi connectivity index (χ3v) is 3.38. The molecule has 5 nitrogen and oxygen atoms in total. The minimum Gasteiger partial charge on any atom is -0.491 e. The number of halogens is 1. The van der Waals surface area contributed by atoms with Gasteiger partial charge in [-0.25, -0.2) is 0 Å². The van der Waals surface area contributed by atoms with E-state index in [1.807, 2.05) is 6.07 Å². The van der Waals surface area contributed by atoms with Crippen LogP contribution in [0.15, 0.2) is 27.8 Å². The molecule has 0 amide bonds. The molecule has 0 spiro atoms. The second-order valence-corrected chi connectivity index (χ2v) is 4.92. The van der Waals surface area contributed by atoms with E-state index in [2.05, 4.69) is 39.8 Å². The van der Waals surface area contributed by atoms with E-state index >= 15 is 0 Å². The molecule has 1 aromatic rings. The molecule has 0 saturated carbocycles. The van der Waals surface area contributed by atoms with Gasteiger partial charge in [0.15, 0.2) is 5.84 Å². The van der Waals surface area contributed by atoms with Gasteiger partial charge in [0.05, 0.1) is 5.56 Å². The Bertz CT molecular complexity index is 434. The van der Waals surface area contributed by atoms with Crippen molar-refractivity contribution < 1.29 is 9.94 Å². The van der Waals surface area contributed by atoms with E-state index in [0.29, 0.717) is 17.9 Å². The predicted octanol–water partition coefficient (Wildman–Crippen LogP) is 2.26. The number of ether oxygens (including phenoxy) is 1. The van der Waals surface area contributed by atoms with Crippen LogP contribution in [0.25, 0.3) is 0 Å². The maximum Gasteiger partial charge on any atom is 0.173 e. The molecule has 0 aliphatic rings. The van der Waals surface area contributed by atoms with E-state index in [9.17, 15) is 0 Å². The van der Waals surface area contributed by atoms with Crippen molar-refractivity contribution in [2.24, 2.45) is 10.9 Å². The molecular formula is C13H20BrN3O2. The minimum atomic E-state index is 0.0409. The quantitative estimate of drug-likeness (QED) is 0.348. The van der Waals surface area contributed by atoms with Gasteiger partial charge in [0.2, 0.25) is 0 Å². The van der Waals surface area contributed by atoms with E-state index in [-0.39, 0.29) is 5.84 Å². The summed E-state index contributed by atoms with van der Waals surface area (Å²) >= 11 is 3.35. The Balaban J connectivity index is 2.73. The summed E-state index contributed by atoms with van der Waals surface area (Å²) in [5.41, 5.74) is 6.22. The van der Waals surface area contributed by atoms with Gasteiger partial charge in [-0.3, -0.25) is 0 Å². The molecule has 0 aliphatic heterocycles. The molecule has 3 N–H and O–H groups in total. The topological polar surface area (TPSA) is 71.1 Å². The fourth-order valence-corrected chi connectivity index (χ4v) is 2.07. The van der Waals surface area contributed by atoms with E-state index in [1.165, 1.54) is 0 Å². The molecular weight excluding hydrogens is 310 g/mol. The van der Waals surface area contributed by atoms with Crippen molar-refractivity contribution in [3.63, 3.8) is 0 Å². The number of rotatable bonds is 7. The van der Waals surface area contributed by atoms with Crippen molar-refractivity contribution in [2.45, 2.75) is 13.8 Å². The number of nitrogens with two attached hydrogens (primary N) is 1. The summed E-state index contributed by atoms with van der Waals surface area (Å²) in [6.07, 6.45) is 0. The summed E-state index contributed by atoms with van der Waals surface area (Å²) in [7, 11) is 0. The Labute approximate surface area is 122 Å². The van der Waals surface area contributed by atoms with Gasteiger partial charge in [-0.1, -0.05) is 34.9 Å². The molecule has 0 unspecified atom stereocenters. The molecule has 6 heteroatoms. The number of hydrogen-bond acceptors (Lipinski definition) is 4. The third kappa shape index (κ3) is 4.72. The molecule has 0 aromatic heterocycles. The fraction of sp³-hybridized carbons (Fsp3) is 0.462. The van der Waals surface area contributed by atoms with Crippen LogP contribution in [-0.2, 0) is 0 Å². The number of oxime groups is 1. The first-order chi connectivity index (χ1) is 9.12. The zero-order chi connectivity index (χ0) is 14.3. The number of amidine groups is 1. The van der Waals surface area contributed by atoms with Crippen LogP contribution in [0.2, 0.25) is 0 Å². The Morgan fingerprint density at radius 3 is 2.68 bits per heavy atom. The molecule has 19 heavy (non-hydrogen) atoms. The van der Waals surface area contributed by atoms with Crippen LogP contribution in [0.4, 0.5) is 0 Å². The van der Waals surface area contributed by atoms with Crippen LogP contribution in [0, 0.1) is 0 Å². The van der Waals surface area contributed by atoms with Crippen molar-refractivity contribution in [1.29, 1.82) is 0 Å². The van der Waals surface area contributed by atoms with Crippen molar-refractivity contribution >= 4 is 21.8 Å². The van der Waals surface area contributed by atoms with Gasteiger partial charge in [0.25, 0.3) is 0 Å². The first kappa shape index (κ1) is 15.8.